The van der Waals surface area contributed by atoms with Crippen molar-refractivity contribution in [3.8, 4) is 0 Å². The van der Waals surface area contributed by atoms with Crippen molar-refractivity contribution in [2.75, 3.05) is 0 Å². The van der Waals surface area contributed by atoms with Crippen LogP contribution in [0.15, 0.2) is 45.3 Å². The molecule has 0 unspecified atom stereocenters. The van der Waals surface area contributed by atoms with Gasteiger partial charge in [0.15, 0.2) is 0 Å². The summed E-state index contributed by atoms with van der Waals surface area (Å²) in [5.41, 5.74) is 1.87. The van der Waals surface area contributed by atoms with Crippen LogP contribution in [0.1, 0.15) is 11.7 Å². The third kappa shape index (κ3) is 1.71. The molecular formula is C14H9Br2NO. The third-order valence-electron chi connectivity index (χ3n) is 3.01. The zero-order valence-corrected chi connectivity index (χ0v) is 12.7. The molecule has 0 saturated carbocycles. The molecule has 2 aromatic carbocycles. The Bertz CT molecular complexity index is 730. The minimum atomic E-state index is 0.0196. The summed E-state index contributed by atoms with van der Waals surface area (Å²) >= 11 is 6.91. The number of benzene rings is 2. The van der Waals surface area contributed by atoms with Crippen molar-refractivity contribution < 1.29 is 4.79 Å². The molecule has 3 aromatic rings. The fourth-order valence-corrected chi connectivity index (χ4v) is 3.00. The van der Waals surface area contributed by atoms with Gasteiger partial charge in [-0.25, -0.2) is 0 Å². The molecular weight excluding hydrogens is 358 g/mol. The maximum absolute atomic E-state index is 11.9. The van der Waals surface area contributed by atoms with Crippen molar-refractivity contribution in [2.45, 2.75) is 6.92 Å². The highest BCUT2D eigenvalue weighted by atomic mass is 79.9. The number of aromatic nitrogens is 1. The molecule has 3 rings (SSSR count). The van der Waals surface area contributed by atoms with Gasteiger partial charge in [0.05, 0.1) is 11.0 Å². The van der Waals surface area contributed by atoms with Crippen LogP contribution < -0.4 is 0 Å². The van der Waals surface area contributed by atoms with Gasteiger partial charge in [-0.15, -0.1) is 0 Å². The van der Waals surface area contributed by atoms with Crippen LogP contribution in [0.25, 0.3) is 21.8 Å². The Labute approximate surface area is 121 Å². The largest absolute Gasteiger partial charge is 0.280 e. The Morgan fingerprint density at radius 3 is 1.78 bits per heavy atom. The van der Waals surface area contributed by atoms with E-state index in [0.717, 1.165) is 30.8 Å². The topological polar surface area (TPSA) is 22.0 Å². The predicted molar refractivity (Wildman–Crippen MR) is 81.1 cm³/mol. The summed E-state index contributed by atoms with van der Waals surface area (Å²) in [7, 11) is 0. The van der Waals surface area contributed by atoms with Gasteiger partial charge in [-0.3, -0.25) is 9.36 Å². The van der Waals surface area contributed by atoms with E-state index in [1.54, 1.807) is 11.5 Å². The molecule has 0 fully saturated rings. The fourth-order valence-electron chi connectivity index (χ4n) is 2.30. The first-order chi connectivity index (χ1) is 8.58. The highest BCUT2D eigenvalue weighted by Crippen LogP contribution is 2.32. The summed E-state index contributed by atoms with van der Waals surface area (Å²) in [6, 6.07) is 12.0. The monoisotopic (exact) mass is 365 g/mol. The molecule has 0 aliphatic rings. The van der Waals surface area contributed by atoms with Crippen molar-refractivity contribution in [1.82, 2.24) is 4.57 Å². The zero-order chi connectivity index (χ0) is 12.9. The van der Waals surface area contributed by atoms with Gasteiger partial charge in [0.2, 0.25) is 5.91 Å². The lowest BCUT2D eigenvalue weighted by molar-refractivity contribution is 0.0946. The number of fused-ring (bicyclic) bond motifs is 3. The van der Waals surface area contributed by atoms with Crippen LogP contribution in [0.2, 0.25) is 0 Å². The average Bonchev–Trinajstić information content (AvgIpc) is 2.60. The number of nitrogens with zero attached hydrogens (tertiary/aromatic N) is 1. The molecule has 0 radical (unpaired) electrons. The van der Waals surface area contributed by atoms with Crippen LogP contribution in [-0.4, -0.2) is 10.5 Å². The van der Waals surface area contributed by atoms with Crippen LogP contribution in [-0.2, 0) is 0 Å². The Balaban J connectivity index is 2.60. The van der Waals surface area contributed by atoms with Crippen LogP contribution >= 0.6 is 31.9 Å². The number of carbonyl (C=O) groups is 1. The van der Waals surface area contributed by atoms with Gasteiger partial charge in [0, 0.05) is 26.6 Å². The lowest BCUT2D eigenvalue weighted by Crippen LogP contribution is -2.04. The van der Waals surface area contributed by atoms with Gasteiger partial charge in [0.25, 0.3) is 0 Å². The molecule has 0 amide bonds. The van der Waals surface area contributed by atoms with E-state index in [9.17, 15) is 4.79 Å². The van der Waals surface area contributed by atoms with E-state index in [0.29, 0.717) is 0 Å². The van der Waals surface area contributed by atoms with E-state index in [2.05, 4.69) is 31.9 Å². The van der Waals surface area contributed by atoms with Gasteiger partial charge in [-0.05, 0) is 24.3 Å². The zero-order valence-electron chi connectivity index (χ0n) is 9.58. The Hall–Kier alpha value is -1.13. The second kappa shape index (κ2) is 4.21. The normalized spacial score (nSPS) is 11.3. The first-order valence-electron chi connectivity index (χ1n) is 5.48. The molecule has 0 bridgehead atoms. The van der Waals surface area contributed by atoms with Crippen molar-refractivity contribution in [2.24, 2.45) is 0 Å². The van der Waals surface area contributed by atoms with E-state index < -0.39 is 0 Å². The lowest BCUT2D eigenvalue weighted by atomic mass is 10.2. The van der Waals surface area contributed by atoms with Gasteiger partial charge in [-0.1, -0.05) is 44.0 Å². The first kappa shape index (κ1) is 11.9. The van der Waals surface area contributed by atoms with E-state index in [1.807, 2.05) is 36.4 Å². The van der Waals surface area contributed by atoms with E-state index >= 15 is 0 Å². The van der Waals surface area contributed by atoms with Crippen LogP contribution in [0, 0.1) is 0 Å². The quantitative estimate of drug-likeness (QED) is 0.550. The fraction of sp³-hybridized carbons (Fsp3) is 0.0714. The second-order valence-electron chi connectivity index (χ2n) is 4.18. The smallest absolute Gasteiger partial charge is 0.228 e. The Morgan fingerprint density at radius 2 is 1.39 bits per heavy atom. The van der Waals surface area contributed by atoms with Gasteiger partial charge < -0.3 is 0 Å². The molecule has 4 heteroatoms. The SMILES string of the molecule is CC(=O)n1c2cc(Br)ccc2c2ccc(Br)cc21. The maximum atomic E-state index is 11.9. The third-order valence-corrected chi connectivity index (χ3v) is 3.99. The van der Waals surface area contributed by atoms with E-state index in [4.69, 9.17) is 0 Å². The highest BCUT2D eigenvalue weighted by molar-refractivity contribution is 9.10. The Morgan fingerprint density at radius 1 is 0.944 bits per heavy atom. The van der Waals surface area contributed by atoms with E-state index in [1.165, 1.54) is 0 Å². The van der Waals surface area contributed by atoms with Gasteiger partial charge >= 0.3 is 0 Å². The molecule has 0 aliphatic heterocycles. The number of carbonyl (C=O) groups excluding carboxylic acids is 1. The summed E-state index contributed by atoms with van der Waals surface area (Å²) in [5, 5.41) is 2.19. The number of rotatable bonds is 0. The Kier molecular flexibility index (Phi) is 2.79. The minimum Gasteiger partial charge on any atom is -0.280 e. The summed E-state index contributed by atoms with van der Waals surface area (Å²) in [6.07, 6.45) is 0. The molecule has 0 aliphatic carbocycles. The average molecular weight is 367 g/mol. The molecule has 0 saturated heterocycles. The molecule has 2 nitrogen and oxygen atoms in total. The molecule has 90 valence electrons. The van der Waals surface area contributed by atoms with Gasteiger partial charge in [-0.2, -0.15) is 0 Å². The molecule has 0 spiro atoms. The molecule has 1 aromatic heterocycles. The standard InChI is InChI=1S/C14H9Br2NO/c1-8(18)17-13-6-9(15)2-4-11(13)12-5-3-10(16)7-14(12)17/h2-7H,1H3. The molecule has 1 heterocycles. The van der Waals surface area contributed by atoms with Crippen LogP contribution in [0.4, 0.5) is 0 Å². The highest BCUT2D eigenvalue weighted by Gasteiger charge is 2.13. The minimum absolute atomic E-state index is 0.0196. The lowest BCUT2D eigenvalue weighted by Gasteiger charge is -2.01. The van der Waals surface area contributed by atoms with Crippen molar-refractivity contribution >= 4 is 59.6 Å². The number of halogens is 2. The number of hydrogen-bond acceptors (Lipinski definition) is 1. The molecule has 0 N–H and O–H groups in total. The maximum Gasteiger partial charge on any atom is 0.228 e. The first-order valence-corrected chi connectivity index (χ1v) is 7.06. The summed E-state index contributed by atoms with van der Waals surface area (Å²) in [4.78, 5) is 11.9. The number of hydrogen-bond donors (Lipinski definition) is 0. The van der Waals surface area contributed by atoms with Crippen LogP contribution in [0.5, 0.6) is 0 Å². The second-order valence-corrected chi connectivity index (χ2v) is 6.01. The van der Waals surface area contributed by atoms with Crippen molar-refractivity contribution in [3.05, 3.63) is 45.3 Å². The summed E-state index contributed by atoms with van der Waals surface area (Å²) < 4.78 is 3.69. The van der Waals surface area contributed by atoms with E-state index in [-0.39, 0.29) is 5.91 Å². The van der Waals surface area contributed by atoms with Crippen molar-refractivity contribution in [3.63, 3.8) is 0 Å². The van der Waals surface area contributed by atoms with Gasteiger partial charge in [0.1, 0.15) is 0 Å². The predicted octanol–water partition coefficient (Wildman–Crippen LogP) is 4.98. The van der Waals surface area contributed by atoms with Crippen LogP contribution in [0.3, 0.4) is 0 Å². The summed E-state index contributed by atoms with van der Waals surface area (Å²) in [5.74, 6) is 0.0196. The summed E-state index contributed by atoms with van der Waals surface area (Å²) in [6.45, 7) is 1.58. The molecule has 0 atom stereocenters. The molecule has 18 heavy (non-hydrogen) atoms. The van der Waals surface area contributed by atoms with Crippen molar-refractivity contribution in [1.29, 1.82) is 0 Å².